The molecule has 14 heavy (non-hydrogen) atoms. The lowest BCUT2D eigenvalue weighted by molar-refractivity contribution is 0.623. The summed E-state index contributed by atoms with van der Waals surface area (Å²) in [5, 5.41) is 13.3. The standard InChI is InChI=1S/C7H8BrN5S/c8-5-1-2-14-6(5)4-13-7(3-9)10-11-12-13/h1-2H,3-4,9H2. The minimum atomic E-state index is 0.357. The highest BCUT2D eigenvalue weighted by atomic mass is 79.9. The summed E-state index contributed by atoms with van der Waals surface area (Å²) in [6.07, 6.45) is 0. The fraction of sp³-hybridized carbons (Fsp3) is 0.286. The molecule has 0 bridgehead atoms. The van der Waals surface area contributed by atoms with Crippen molar-refractivity contribution >= 4 is 27.3 Å². The van der Waals surface area contributed by atoms with Gasteiger partial charge in [0.05, 0.1) is 13.1 Å². The summed E-state index contributed by atoms with van der Waals surface area (Å²) in [5.74, 6) is 0.699. The summed E-state index contributed by atoms with van der Waals surface area (Å²) in [6, 6.07) is 2.01. The molecule has 0 unspecified atom stereocenters. The zero-order chi connectivity index (χ0) is 9.97. The molecule has 0 radical (unpaired) electrons. The zero-order valence-electron chi connectivity index (χ0n) is 7.22. The van der Waals surface area contributed by atoms with Gasteiger partial charge < -0.3 is 5.73 Å². The Labute approximate surface area is 93.0 Å². The summed E-state index contributed by atoms with van der Waals surface area (Å²) in [4.78, 5) is 1.19. The minimum Gasteiger partial charge on any atom is -0.324 e. The van der Waals surface area contributed by atoms with Gasteiger partial charge in [0.25, 0.3) is 0 Å². The van der Waals surface area contributed by atoms with E-state index < -0.39 is 0 Å². The maximum absolute atomic E-state index is 5.49. The quantitative estimate of drug-likeness (QED) is 0.906. The van der Waals surface area contributed by atoms with Crippen LogP contribution in [-0.4, -0.2) is 20.2 Å². The van der Waals surface area contributed by atoms with E-state index in [2.05, 4.69) is 31.5 Å². The SMILES string of the molecule is NCc1nnnn1Cc1sccc1Br. The Bertz CT molecular complexity index is 423. The van der Waals surface area contributed by atoms with Crippen molar-refractivity contribution in [2.24, 2.45) is 5.73 Å². The Morgan fingerprint density at radius 1 is 1.57 bits per heavy atom. The molecular weight excluding hydrogens is 266 g/mol. The molecule has 0 aliphatic heterocycles. The number of hydrogen-bond donors (Lipinski definition) is 1. The summed E-state index contributed by atoms with van der Waals surface area (Å²) in [5.41, 5.74) is 5.49. The van der Waals surface area contributed by atoms with Crippen molar-refractivity contribution in [3.63, 3.8) is 0 Å². The van der Waals surface area contributed by atoms with Gasteiger partial charge in [-0.2, -0.15) is 0 Å². The number of aromatic nitrogens is 4. The molecule has 0 aliphatic carbocycles. The molecule has 2 N–H and O–H groups in total. The van der Waals surface area contributed by atoms with Gasteiger partial charge in [-0.15, -0.1) is 16.4 Å². The van der Waals surface area contributed by atoms with E-state index in [1.807, 2.05) is 11.4 Å². The average Bonchev–Trinajstić information content (AvgIpc) is 2.77. The third-order valence-electron chi connectivity index (χ3n) is 1.77. The van der Waals surface area contributed by atoms with Crippen LogP contribution >= 0.6 is 27.3 Å². The van der Waals surface area contributed by atoms with Crippen molar-refractivity contribution in [1.82, 2.24) is 20.2 Å². The molecule has 2 heterocycles. The number of tetrazole rings is 1. The molecule has 2 aromatic rings. The van der Waals surface area contributed by atoms with Gasteiger partial charge in [0, 0.05) is 9.35 Å². The Morgan fingerprint density at radius 2 is 2.43 bits per heavy atom. The molecule has 0 saturated heterocycles. The number of nitrogens with zero attached hydrogens (tertiary/aromatic N) is 4. The lowest BCUT2D eigenvalue weighted by Crippen LogP contribution is -2.10. The van der Waals surface area contributed by atoms with Gasteiger partial charge in [0.2, 0.25) is 0 Å². The predicted molar refractivity (Wildman–Crippen MR) is 56.8 cm³/mol. The van der Waals surface area contributed by atoms with Gasteiger partial charge in [-0.05, 0) is 37.8 Å². The molecule has 0 fully saturated rings. The highest BCUT2D eigenvalue weighted by Gasteiger charge is 2.07. The van der Waals surface area contributed by atoms with Crippen molar-refractivity contribution in [1.29, 1.82) is 0 Å². The van der Waals surface area contributed by atoms with E-state index >= 15 is 0 Å². The van der Waals surface area contributed by atoms with Gasteiger partial charge in [-0.25, -0.2) is 4.68 Å². The van der Waals surface area contributed by atoms with E-state index in [0.29, 0.717) is 18.9 Å². The zero-order valence-corrected chi connectivity index (χ0v) is 9.62. The van der Waals surface area contributed by atoms with Gasteiger partial charge in [-0.1, -0.05) is 0 Å². The fourth-order valence-electron chi connectivity index (χ4n) is 1.07. The number of rotatable bonds is 3. The van der Waals surface area contributed by atoms with Crippen molar-refractivity contribution in [3.8, 4) is 0 Å². The van der Waals surface area contributed by atoms with Crippen molar-refractivity contribution in [3.05, 3.63) is 26.6 Å². The molecule has 2 aromatic heterocycles. The third kappa shape index (κ3) is 1.84. The molecule has 0 atom stereocenters. The lowest BCUT2D eigenvalue weighted by atomic mass is 10.4. The third-order valence-corrected chi connectivity index (χ3v) is 3.68. The first kappa shape index (κ1) is 9.75. The van der Waals surface area contributed by atoms with Crippen LogP contribution in [0.2, 0.25) is 0 Å². The smallest absolute Gasteiger partial charge is 0.165 e. The number of nitrogens with two attached hydrogens (primary N) is 1. The largest absolute Gasteiger partial charge is 0.324 e. The van der Waals surface area contributed by atoms with Gasteiger partial charge in [0.1, 0.15) is 0 Å². The summed E-state index contributed by atoms with van der Waals surface area (Å²) in [7, 11) is 0. The molecular formula is C7H8BrN5S. The van der Waals surface area contributed by atoms with E-state index in [1.165, 1.54) is 4.88 Å². The second kappa shape index (κ2) is 4.16. The Morgan fingerprint density at radius 3 is 3.07 bits per heavy atom. The number of halogens is 1. The molecule has 0 aliphatic rings. The monoisotopic (exact) mass is 273 g/mol. The lowest BCUT2D eigenvalue weighted by Gasteiger charge is -2.00. The summed E-state index contributed by atoms with van der Waals surface area (Å²) >= 11 is 5.12. The maximum atomic E-state index is 5.49. The molecule has 2 rings (SSSR count). The van der Waals surface area contributed by atoms with Crippen LogP contribution in [0.25, 0.3) is 0 Å². The van der Waals surface area contributed by atoms with Gasteiger partial charge in [0.15, 0.2) is 5.82 Å². The van der Waals surface area contributed by atoms with Crippen LogP contribution in [0.1, 0.15) is 10.7 Å². The topological polar surface area (TPSA) is 69.6 Å². The van der Waals surface area contributed by atoms with Gasteiger partial charge in [-0.3, -0.25) is 0 Å². The first-order chi connectivity index (χ1) is 6.81. The van der Waals surface area contributed by atoms with E-state index in [1.54, 1.807) is 16.0 Å². The molecule has 0 amide bonds. The van der Waals surface area contributed by atoms with Crippen LogP contribution in [-0.2, 0) is 13.1 Å². The summed E-state index contributed by atoms with van der Waals surface area (Å²) < 4.78 is 2.79. The second-order valence-electron chi connectivity index (χ2n) is 2.65. The van der Waals surface area contributed by atoms with E-state index in [9.17, 15) is 0 Å². The highest BCUT2D eigenvalue weighted by molar-refractivity contribution is 9.10. The Kier molecular flexibility index (Phi) is 2.90. The van der Waals surface area contributed by atoms with E-state index in [4.69, 9.17) is 5.73 Å². The van der Waals surface area contributed by atoms with Gasteiger partial charge >= 0.3 is 0 Å². The average molecular weight is 274 g/mol. The molecule has 7 heteroatoms. The van der Waals surface area contributed by atoms with Crippen LogP contribution < -0.4 is 5.73 Å². The summed E-state index contributed by atoms with van der Waals surface area (Å²) in [6.45, 7) is 1.02. The van der Waals surface area contributed by atoms with Crippen LogP contribution in [0.4, 0.5) is 0 Å². The van der Waals surface area contributed by atoms with Crippen molar-refractivity contribution in [2.75, 3.05) is 0 Å². The van der Waals surface area contributed by atoms with E-state index in [0.717, 1.165) is 4.47 Å². The fourth-order valence-corrected chi connectivity index (χ4v) is 2.52. The first-order valence-electron chi connectivity index (χ1n) is 3.98. The molecule has 0 spiro atoms. The molecule has 0 saturated carbocycles. The molecule has 5 nitrogen and oxygen atoms in total. The van der Waals surface area contributed by atoms with Crippen LogP contribution in [0.3, 0.4) is 0 Å². The van der Waals surface area contributed by atoms with Crippen molar-refractivity contribution < 1.29 is 0 Å². The normalized spacial score (nSPS) is 10.7. The second-order valence-corrected chi connectivity index (χ2v) is 4.50. The predicted octanol–water partition coefficient (Wildman–Crippen LogP) is 1.00. The highest BCUT2D eigenvalue weighted by Crippen LogP contribution is 2.23. The number of hydrogen-bond acceptors (Lipinski definition) is 5. The Balaban J connectivity index is 2.22. The maximum Gasteiger partial charge on any atom is 0.165 e. The van der Waals surface area contributed by atoms with Crippen LogP contribution in [0, 0.1) is 0 Å². The molecule has 0 aromatic carbocycles. The van der Waals surface area contributed by atoms with Crippen molar-refractivity contribution in [2.45, 2.75) is 13.1 Å². The first-order valence-corrected chi connectivity index (χ1v) is 5.65. The molecule has 74 valence electrons. The number of thiophene rings is 1. The Hall–Kier alpha value is -0.790. The van der Waals surface area contributed by atoms with E-state index in [-0.39, 0.29) is 0 Å². The minimum absolute atomic E-state index is 0.357. The van der Waals surface area contributed by atoms with Crippen LogP contribution in [0.15, 0.2) is 15.9 Å². The van der Waals surface area contributed by atoms with Crippen LogP contribution in [0.5, 0.6) is 0 Å².